The van der Waals surface area contributed by atoms with Gasteiger partial charge in [-0.1, -0.05) is 6.92 Å². The van der Waals surface area contributed by atoms with E-state index in [0.717, 1.165) is 6.42 Å². The Morgan fingerprint density at radius 3 is 2.72 bits per heavy atom. The van der Waals surface area contributed by atoms with Gasteiger partial charge in [0.15, 0.2) is 0 Å². The van der Waals surface area contributed by atoms with Crippen LogP contribution in [0.4, 0.5) is 11.4 Å². The van der Waals surface area contributed by atoms with Crippen LogP contribution in [0.5, 0.6) is 0 Å². The number of hydrogen-bond acceptors (Lipinski definition) is 5. The number of rotatable bonds is 4. The van der Waals surface area contributed by atoms with E-state index in [4.69, 9.17) is 5.84 Å². The van der Waals surface area contributed by atoms with Crippen molar-refractivity contribution in [2.24, 2.45) is 11.8 Å². The van der Waals surface area contributed by atoms with Crippen LogP contribution in [0.2, 0.25) is 0 Å². The summed E-state index contributed by atoms with van der Waals surface area (Å²) in [6, 6.07) is 4.33. The summed E-state index contributed by atoms with van der Waals surface area (Å²) in [6.45, 7) is 2.04. The maximum atomic E-state index is 11.8. The van der Waals surface area contributed by atoms with Crippen LogP contribution >= 0.6 is 0 Å². The first-order chi connectivity index (χ1) is 8.52. The first kappa shape index (κ1) is 12.3. The molecule has 1 fully saturated rings. The minimum atomic E-state index is -0.578. The van der Waals surface area contributed by atoms with Crippen molar-refractivity contribution in [1.29, 1.82) is 0 Å². The summed E-state index contributed by atoms with van der Waals surface area (Å²) in [5.74, 6) is 5.35. The highest BCUT2D eigenvalue weighted by atomic mass is 16.6. The van der Waals surface area contributed by atoms with E-state index in [9.17, 15) is 14.9 Å². The molecular weight excluding hydrogens is 236 g/mol. The van der Waals surface area contributed by atoms with Crippen LogP contribution in [-0.4, -0.2) is 16.9 Å². The second-order valence-electron chi connectivity index (χ2n) is 4.43. The smallest absolute Gasteiger partial charge is 0.294 e. The van der Waals surface area contributed by atoms with Crippen molar-refractivity contribution in [3.8, 4) is 0 Å². The molecule has 2 atom stereocenters. The first-order valence-corrected chi connectivity index (χ1v) is 5.59. The predicted octanol–water partition coefficient (Wildman–Crippen LogP) is 1.02. The molecule has 2 unspecified atom stereocenters. The number of amides is 1. The van der Waals surface area contributed by atoms with E-state index in [-0.39, 0.29) is 28.9 Å². The number of nitrogens with zero attached hydrogens (tertiary/aromatic N) is 1. The maximum Gasteiger partial charge on any atom is 0.294 e. The van der Waals surface area contributed by atoms with E-state index in [1.807, 2.05) is 6.92 Å². The van der Waals surface area contributed by atoms with Crippen LogP contribution in [0.1, 0.15) is 23.7 Å². The van der Waals surface area contributed by atoms with Gasteiger partial charge in [-0.15, -0.1) is 0 Å². The molecular formula is C11H14N4O3. The molecule has 0 heterocycles. The van der Waals surface area contributed by atoms with E-state index < -0.39 is 4.92 Å². The number of hydrazine groups is 1. The zero-order valence-corrected chi connectivity index (χ0v) is 9.84. The van der Waals surface area contributed by atoms with Gasteiger partial charge in [-0.2, -0.15) is 0 Å². The number of carbonyl (C=O) groups is 1. The van der Waals surface area contributed by atoms with E-state index in [1.165, 1.54) is 18.2 Å². The van der Waals surface area contributed by atoms with Gasteiger partial charge < -0.3 is 10.7 Å². The van der Waals surface area contributed by atoms with Crippen molar-refractivity contribution in [2.45, 2.75) is 19.4 Å². The third-order valence-corrected chi connectivity index (χ3v) is 3.04. The van der Waals surface area contributed by atoms with Crippen LogP contribution < -0.4 is 16.6 Å². The summed E-state index contributed by atoms with van der Waals surface area (Å²) < 4.78 is 0. The lowest BCUT2D eigenvalue weighted by Crippen LogP contribution is -2.26. The molecule has 4 N–H and O–H groups in total. The molecule has 1 aromatic rings. The average molecular weight is 250 g/mol. The Morgan fingerprint density at radius 2 is 2.22 bits per heavy atom. The van der Waals surface area contributed by atoms with E-state index in [0.29, 0.717) is 5.92 Å². The van der Waals surface area contributed by atoms with Gasteiger partial charge in [0.2, 0.25) is 0 Å². The lowest BCUT2D eigenvalue weighted by molar-refractivity contribution is -0.384. The molecule has 7 heteroatoms. The van der Waals surface area contributed by atoms with Crippen molar-refractivity contribution in [2.75, 3.05) is 5.43 Å². The normalized spacial score (nSPS) is 21.2. The summed E-state index contributed by atoms with van der Waals surface area (Å²) in [7, 11) is 0. The standard InChI is InChI=1S/C11H14N4O3/c1-6-4-9(6)13-11(16)7-2-3-8(14-12)10(5-7)15(17)18/h2-3,5-6,9,14H,4,12H2,1H3,(H,13,16). The van der Waals surface area contributed by atoms with Gasteiger partial charge in [0.1, 0.15) is 5.69 Å². The van der Waals surface area contributed by atoms with Crippen molar-refractivity contribution in [3.63, 3.8) is 0 Å². The largest absolute Gasteiger partial charge is 0.349 e. The van der Waals surface area contributed by atoms with Crippen molar-refractivity contribution >= 4 is 17.3 Å². The fourth-order valence-corrected chi connectivity index (χ4v) is 1.72. The summed E-state index contributed by atoms with van der Waals surface area (Å²) in [5, 5.41) is 13.6. The molecule has 1 aliphatic rings. The van der Waals surface area contributed by atoms with Gasteiger partial charge in [0.05, 0.1) is 4.92 Å². The molecule has 1 aromatic carbocycles. The Morgan fingerprint density at radius 1 is 1.56 bits per heavy atom. The van der Waals surface area contributed by atoms with Crippen molar-refractivity contribution in [3.05, 3.63) is 33.9 Å². The molecule has 0 spiro atoms. The third kappa shape index (κ3) is 2.40. The Bertz CT molecular complexity index is 503. The lowest BCUT2D eigenvalue weighted by Gasteiger charge is -2.06. The Labute approximate surface area is 103 Å². The van der Waals surface area contributed by atoms with Gasteiger partial charge >= 0.3 is 0 Å². The molecule has 0 bridgehead atoms. The minimum Gasteiger partial charge on any atom is -0.349 e. The van der Waals surface area contributed by atoms with E-state index >= 15 is 0 Å². The number of benzene rings is 1. The topological polar surface area (TPSA) is 110 Å². The third-order valence-electron chi connectivity index (χ3n) is 3.04. The van der Waals surface area contributed by atoms with Gasteiger partial charge in [0.25, 0.3) is 11.6 Å². The minimum absolute atomic E-state index is 0.177. The number of hydrogen-bond donors (Lipinski definition) is 3. The van der Waals surface area contributed by atoms with Crippen LogP contribution in [-0.2, 0) is 0 Å². The highest BCUT2D eigenvalue weighted by molar-refractivity contribution is 5.96. The number of nitro benzene ring substituents is 1. The maximum absolute atomic E-state index is 11.8. The molecule has 1 amide bonds. The Balaban J connectivity index is 2.20. The van der Waals surface area contributed by atoms with Gasteiger partial charge in [-0.3, -0.25) is 20.8 Å². The molecule has 1 saturated carbocycles. The van der Waals surface area contributed by atoms with Crippen molar-refractivity contribution < 1.29 is 9.72 Å². The molecule has 96 valence electrons. The van der Waals surface area contributed by atoms with Crippen LogP contribution in [0.3, 0.4) is 0 Å². The summed E-state index contributed by atoms with van der Waals surface area (Å²) in [4.78, 5) is 22.1. The first-order valence-electron chi connectivity index (χ1n) is 5.59. The van der Waals surface area contributed by atoms with Crippen LogP contribution in [0.15, 0.2) is 18.2 Å². The van der Waals surface area contributed by atoms with Crippen LogP contribution in [0, 0.1) is 16.0 Å². The molecule has 0 saturated heterocycles. The van der Waals surface area contributed by atoms with Gasteiger partial charge in [-0.05, 0) is 24.5 Å². The summed E-state index contributed by atoms with van der Waals surface area (Å²) >= 11 is 0. The number of carbonyl (C=O) groups excluding carboxylic acids is 1. The summed E-state index contributed by atoms with van der Waals surface area (Å²) in [5.41, 5.74) is 2.46. The van der Waals surface area contributed by atoms with Gasteiger partial charge in [0, 0.05) is 17.7 Å². The predicted molar refractivity (Wildman–Crippen MR) is 65.9 cm³/mol. The molecule has 0 aromatic heterocycles. The van der Waals surface area contributed by atoms with Gasteiger partial charge in [-0.25, -0.2) is 0 Å². The average Bonchev–Trinajstić information content (AvgIpc) is 3.03. The molecule has 1 aliphatic carbocycles. The van der Waals surface area contributed by atoms with Crippen LogP contribution in [0.25, 0.3) is 0 Å². The number of anilines is 1. The molecule has 18 heavy (non-hydrogen) atoms. The highest BCUT2D eigenvalue weighted by Gasteiger charge is 2.34. The molecule has 0 aliphatic heterocycles. The van der Waals surface area contributed by atoms with Crippen molar-refractivity contribution in [1.82, 2.24) is 5.32 Å². The zero-order valence-electron chi connectivity index (χ0n) is 9.84. The Kier molecular flexibility index (Phi) is 3.15. The lowest BCUT2D eigenvalue weighted by atomic mass is 10.1. The quantitative estimate of drug-likeness (QED) is 0.419. The number of nitro groups is 1. The highest BCUT2D eigenvalue weighted by Crippen LogP contribution is 2.30. The fourth-order valence-electron chi connectivity index (χ4n) is 1.72. The molecule has 7 nitrogen and oxygen atoms in total. The van der Waals surface area contributed by atoms with E-state index in [2.05, 4.69) is 10.7 Å². The zero-order chi connectivity index (χ0) is 13.3. The summed E-state index contributed by atoms with van der Waals surface area (Å²) in [6.07, 6.45) is 0.955. The molecule has 0 radical (unpaired) electrons. The van der Waals surface area contributed by atoms with E-state index in [1.54, 1.807) is 0 Å². The molecule has 2 rings (SSSR count). The second-order valence-corrected chi connectivity index (χ2v) is 4.43. The SMILES string of the molecule is CC1CC1NC(=O)c1ccc(NN)c([N+](=O)[O-])c1. The number of nitrogens with two attached hydrogens (primary N) is 1. The second kappa shape index (κ2) is 4.61. The Hall–Kier alpha value is -2.15. The number of nitrogen functional groups attached to an aromatic ring is 1. The monoisotopic (exact) mass is 250 g/mol. The fraction of sp³-hybridized carbons (Fsp3) is 0.364. The number of nitrogens with one attached hydrogen (secondary N) is 2.